The first-order valence-electron chi connectivity index (χ1n) is 9.45. The van der Waals surface area contributed by atoms with E-state index < -0.39 is 0 Å². The van der Waals surface area contributed by atoms with Crippen molar-refractivity contribution in [2.24, 2.45) is 5.92 Å². The summed E-state index contributed by atoms with van der Waals surface area (Å²) < 4.78 is 4.99. The summed E-state index contributed by atoms with van der Waals surface area (Å²) in [6, 6.07) is 5.43. The van der Waals surface area contributed by atoms with Gasteiger partial charge in [-0.3, -0.25) is 9.59 Å². The van der Waals surface area contributed by atoms with Crippen LogP contribution >= 0.6 is 0 Å². The van der Waals surface area contributed by atoms with Gasteiger partial charge >= 0.3 is 0 Å². The van der Waals surface area contributed by atoms with E-state index in [4.69, 9.17) is 4.42 Å². The van der Waals surface area contributed by atoms with Crippen molar-refractivity contribution in [2.45, 2.75) is 26.7 Å². The molecule has 0 aromatic carbocycles. The highest BCUT2D eigenvalue weighted by atomic mass is 16.3. The van der Waals surface area contributed by atoms with Crippen LogP contribution in [0.3, 0.4) is 0 Å². The molecule has 7 nitrogen and oxygen atoms in total. The molecule has 0 radical (unpaired) electrons. The summed E-state index contributed by atoms with van der Waals surface area (Å²) in [4.78, 5) is 33.4. The zero-order valence-corrected chi connectivity index (χ0v) is 15.9. The van der Waals surface area contributed by atoms with E-state index in [1.165, 1.54) is 12.5 Å². The fraction of sp³-hybridized carbons (Fsp3) is 0.450. The number of hydrogen-bond acceptors (Lipinski definition) is 5. The van der Waals surface area contributed by atoms with Crippen molar-refractivity contribution in [3.63, 3.8) is 0 Å². The normalized spacial score (nSPS) is 16.8. The van der Waals surface area contributed by atoms with Gasteiger partial charge in [0.05, 0.1) is 29.6 Å². The Bertz CT molecular complexity index is 754. The molecule has 0 aliphatic carbocycles. The van der Waals surface area contributed by atoms with Crippen molar-refractivity contribution >= 4 is 23.3 Å². The van der Waals surface area contributed by atoms with Crippen LogP contribution in [-0.2, 0) is 4.79 Å². The van der Waals surface area contributed by atoms with Gasteiger partial charge in [-0.25, -0.2) is 4.98 Å². The number of anilines is 2. The van der Waals surface area contributed by atoms with E-state index in [9.17, 15) is 9.59 Å². The number of hydrogen-bond donors (Lipinski definition) is 1. The van der Waals surface area contributed by atoms with Gasteiger partial charge in [0, 0.05) is 26.2 Å². The Morgan fingerprint density at radius 1 is 1.30 bits per heavy atom. The molecule has 0 spiro atoms. The maximum atomic E-state index is 12.6. The van der Waals surface area contributed by atoms with E-state index in [0.29, 0.717) is 24.3 Å². The Labute approximate surface area is 159 Å². The number of likely N-dealkylation sites (tertiary alicyclic amines) is 1. The number of carbonyl (C=O) groups is 2. The van der Waals surface area contributed by atoms with Crippen LogP contribution in [0.25, 0.3) is 0 Å². The van der Waals surface area contributed by atoms with E-state index in [0.717, 1.165) is 31.7 Å². The van der Waals surface area contributed by atoms with Crippen molar-refractivity contribution in [1.82, 2.24) is 9.88 Å². The molecule has 7 heteroatoms. The van der Waals surface area contributed by atoms with Gasteiger partial charge in [-0.15, -0.1) is 0 Å². The Kier molecular flexibility index (Phi) is 6.11. The molecule has 3 heterocycles. The SMILES string of the molecule is CCN(CC)c1ccc(NC(=O)C2CCCN(C(=O)c3ccoc3)C2)cn1. The maximum absolute atomic E-state index is 12.6. The molecule has 1 unspecified atom stereocenters. The average molecular weight is 370 g/mol. The van der Waals surface area contributed by atoms with Crippen LogP contribution in [0.5, 0.6) is 0 Å². The minimum Gasteiger partial charge on any atom is -0.472 e. The third kappa shape index (κ3) is 4.48. The fourth-order valence-corrected chi connectivity index (χ4v) is 3.38. The monoisotopic (exact) mass is 370 g/mol. The fourth-order valence-electron chi connectivity index (χ4n) is 3.38. The predicted octanol–water partition coefficient (Wildman–Crippen LogP) is 3.01. The quantitative estimate of drug-likeness (QED) is 0.846. The number of amides is 2. The second-order valence-corrected chi connectivity index (χ2v) is 6.67. The van der Waals surface area contributed by atoms with Crippen molar-refractivity contribution in [1.29, 1.82) is 0 Å². The number of rotatable bonds is 6. The molecule has 1 fully saturated rings. The van der Waals surface area contributed by atoms with E-state index in [2.05, 4.69) is 29.0 Å². The predicted molar refractivity (Wildman–Crippen MR) is 104 cm³/mol. The Morgan fingerprint density at radius 2 is 2.11 bits per heavy atom. The number of pyridine rings is 1. The van der Waals surface area contributed by atoms with Crippen LogP contribution in [0, 0.1) is 5.92 Å². The van der Waals surface area contributed by atoms with Crippen molar-refractivity contribution < 1.29 is 14.0 Å². The van der Waals surface area contributed by atoms with Gasteiger partial charge in [0.1, 0.15) is 12.1 Å². The molecule has 1 N–H and O–H groups in total. The third-order valence-electron chi connectivity index (χ3n) is 4.95. The minimum absolute atomic E-state index is 0.0721. The first kappa shape index (κ1) is 18.9. The molecule has 1 aliphatic heterocycles. The first-order chi connectivity index (χ1) is 13.1. The molecule has 1 aliphatic rings. The number of piperidine rings is 1. The topological polar surface area (TPSA) is 78.7 Å². The number of furan rings is 1. The second kappa shape index (κ2) is 8.70. The van der Waals surface area contributed by atoms with Gasteiger partial charge in [-0.05, 0) is 44.9 Å². The highest BCUT2D eigenvalue weighted by Crippen LogP contribution is 2.21. The minimum atomic E-state index is -0.225. The number of aromatic nitrogens is 1. The lowest BCUT2D eigenvalue weighted by Crippen LogP contribution is -2.43. The van der Waals surface area contributed by atoms with Crippen LogP contribution < -0.4 is 10.2 Å². The van der Waals surface area contributed by atoms with Gasteiger partial charge in [0.15, 0.2) is 0 Å². The zero-order chi connectivity index (χ0) is 19.2. The summed E-state index contributed by atoms with van der Waals surface area (Å²) in [6.45, 7) is 7.02. The smallest absolute Gasteiger partial charge is 0.257 e. The number of carbonyl (C=O) groups excluding carboxylic acids is 2. The molecule has 0 bridgehead atoms. The Hall–Kier alpha value is -2.83. The van der Waals surface area contributed by atoms with Gasteiger partial charge in [-0.2, -0.15) is 0 Å². The summed E-state index contributed by atoms with van der Waals surface area (Å²) in [5, 5.41) is 2.93. The Balaban J connectivity index is 1.59. The molecule has 3 rings (SSSR count). The summed E-state index contributed by atoms with van der Waals surface area (Å²) in [5.74, 6) is 0.508. The molecular weight excluding hydrogens is 344 g/mol. The van der Waals surface area contributed by atoms with Crippen molar-refractivity contribution in [3.8, 4) is 0 Å². The summed E-state index contributed by atoms with van der Waals surface area (Å²) in [5.41, 5.74) is 1.20. The van der Waals surface area contributed by atoms with Crippen LogP contribution in [0.15, 0.2) is 41.3 Å². The molecule has 144 valence electrons. The van der Waals surface area contributed by atoms with E-state index in [-0.39, 0.29) is 17.7 Å². The first-order valence-corrected chi connectivity index (χ1v) is 9.45. The van der Waals surface area contributed by atoms with Crippen LogP contribution in [0.2, 0.25) is 0 Å². The van der Waals surface area contributed by atoms with Gasteiger partial charge in [0.25, 0.3) is 5.91 Å². The molecular formula is C20H26N4O3. The molecule has 2 amide bonds. The molecule has 1 saturated heterocycles. The lowest BCUT2D eigenvalue weighted by Gasteiger charge is -2.31. The van der Waals surface area contributed by atoms with Gasteiger partial charge in [-0.1, -0.05) is 0 Å². The highest BCUT2D eigenvalue weighted by Gasteiger charge is 2.29. The average Bonchev–Trinajstić information content (AvgIpc) is 3.24. The maximum Gasteiger partial charge on any atom is 0.257 e. The standard InChI is InChI=1S/C20H26N4O3/c1-3-23(4-2)18-8-7-17(12-21-18)22-19(25)15-6-5-10-24(13-15)20(26)16-9-11-27-14-16/h7-9,11-12,14-15H,3-6,10,13H2,1-2H3,(H,22,25). The lowest BCUT2D eigenvalue weighted by molar-refractivity contribution is -0.121. The van der Waals surface area contributed by atoms with Crippen molar-refractivity contribution in [3.05, 3.63) is 42.5 Å². The lowest BCUT2D eigenvalue weighted by atomic mass is 9.96. The summed E-state index contributed by atoms with van der Waals surface area (Å²) in [6.07, 6.45) is 6.18. The van der Waals surface area contributed by atoms with E-state index in [1.54, 1.807) is 17.2 Å². The van der Waals surface area contributed by atoms with Crippen molar-refractivity contribution in [2.75, 3.05) is 36.4 Å². The van der Waals surface area contributed by atoms with E-state index >= 15 is 0 Å². The van der Waals surface area contributed by atoms with Crippen LogP contribution in [-0.4, -0.2) is 47.9 Å². The molecule has 2 aromatic heterocycles. The van der Waals surface area contributed by atoms with Gasteiger partial charge < -0.3 is 19.5 Å². The molecule has 0 saturated carbocycles. The van der Waals surface area contributed by atoms with Gasteiger partial charge in [0.2, 0.25) is 5.91 Å². The molecule has 1 atom stereocenters. The van der Waals surface area contributed by atoms with Crippen LogP contribution in [0.1, 0.15) is 37.0 Å². The third-order valence-corrected chi connectivity index (χ3v) is 4.95. The second-order valence-electron chi connectivity index (χ2n) is 6.67. The number of nitrogens with one attached hydrogen (secondary N) is 1. The number of nitrogens with zero attached hydrogens (tertiary/aromatic N) is 3. The largest absolute Gasteiger partial charge is 0.472 e. The summed E-state index contributed by atoms with van der Waals surface area (Å²) >= 11 is 0. The molecule has 2 aromatic rings. The molecule has 27 heavy (non-hydrogen) atoms. The van der Waals surface area contributed by atoms with E-state index in [1.807, 2.05) is 12.1 Å². The van der Waals surface area contributed by atoms with Crippen LogP contribution in [0.4, 0.5) is 11.5 Å². The zero-order valence-electron chi connectivity index (χ0n) is 15.9. The Morgan fingerprint density at radius 3 is 2.74 bits per heavy atom. The summed E-state index contributed by atoms with van der Waals surface area (Å²) in [7, 11) is 0. The highest BCUT2D eigenvalue weighted by molar-refractivity contribution is 5.96.